The van der Waals surface area contributed by atoms with Crippen molar-refractivity contribution in [3.8, 4) is 0 Å². The summed E-state index contributed by atoms with van der Waals surface area (Å²) in [6, 6.07) is 5.24. The maximum Gasteiger partial charge on any atom is 0.242 e. The minimum atomic E-state index is -0.534. The lowest BCUT2D eigenvalue weighted by Gasteiger charge is -2.36. The van der Waals surface area contributed by atoms with Crippen LogP contribution in [0.15, 0.2) is 23.1 Å². The first-order chi connectivity index (χ1) is 14.8. The Morgan fingerprint density at radius 1 is 1.00 bits per heavy atom. The summed E-state index contributed by atoms with van der Waals surface area (Å²) in [4.78, 5) is 66.0. The van der Waals surface area contributed by atoms with Crippen LogP contribution in [0.5, 0.6) is 0 Å². The molecule has 0 radical (unpaired) electrons. The van der Waals surface area contributed by atoms with Crippen molar-refractivity contribution in [3.05, 3.63) is 23.2 Å². The standard InChI is InChI=1S/C20H21ClN4O5S/c21-12-1-2-14-13(9-12)22-20(30)15(31-14)10-18(28)23-5-7-24(8-6-23)19(29)11-25-16(26)3-4-17(25)27/h1-2,9,15H,3-8,10-11H2,(H,22,30). The Morgan fingerprint density at radius 2 is 1.61 bits per heavy atom. The van der Waals surface area contributed by atoms with Crippen LogP contribution in [0.4, 0.5) is 5.69 Å². The van der Waals surface area contributed by atoms with E-state index >= 15 is 0 Å². The van der Waals surface area contributed by atoms with Gasteiger partial charge >= 0.3 is 0 Å². The third-order valence-corrected chi connectivity index (χ3v) is 7.06. The molecule has 9 nitrogen and oxygen atoms in total. The first-order valence-electron chi connectivity index (χ1n) is 9.97. The van der Waals surface area contributed by atoms with Crippen LogP contribution < -0.4 is 5.32 Å². The Bertz CT molecular complexity index is 947. The molecular formula is C20H21ClN4O5S. The van der Waals surface area contributed by atoms with Gasteiger partial charge in [-0.25, -0.2) is 0 Å². The molecule has 0 aliphatic carbocycles. The first-order valence-corrected chi connectivity index (χ1v) is 11.2. The number of fused-ring (bicyclic) bond motifs is 1. The van der Waals surface area contributed by atoms with Gasteiger partial charge in [0.2, 0.25) is 29.5 Å². The fourth-order valence-electron chi connectivity index (χ4n) is 3.78. The Balaban J connectivity index is 1.28. The molecule has 1 N–H and O–H groups in total. The van der Waals surface area contributed by atoms with E-state index in [-0.39, 0.29) is 55.3 Å². The molecule has 3 aliphatic rings. The molecule has 3 aliphatic heterocycles. The van der Waals surface area contributed by atoms with Crippen molar-refractivity contribution < 1.29 is 24.0 Å². The molecule has 1 atom stereocenters. The molecule has 5 amide bonds. The van der Waals surface area contributed by atoms with E-state index in [0.717, 1.165) is 9.80 Å². The second kappa shape index (κ2) is 8.88. The largest absolute Gasteiger partial charge is 0.339 e. The predicted octanol–water partition coefficient (Wildman–Crippen LogP) is 0.963. The molecule has 3 heterocycles. The van der Waals surface area contributed by atoms with Crippen molar-refractivity contribution in [2.24, 2.45) is 0 Å². The predicted molar refractivity (Wildman–Crippen MR) is 113 cm³/mol. The molecule has 0 aromatic heterocycles. The van der Waals surface area contributed by atoms with Crippen LogP contribution in [-0.2, 0) is 24.0 Å². The fourth-order valence-corrected chi connectivity index (χ4v) is 5.04. The van der Waals surface area contributed by atoms with Crippen molar-refractivity contribution in [1.29, 1.82) is 0 Å². The van der Waals surface area contributed by atoms with Gasteiger partial charge in [-0.1, -0.05) is 11.6 Å². The first kappa shape index (κ1) is 21.6. The Morgan fingerprint density at radius 3 is 2.26 bits per heavy atom. The van der Waals surface area contributed by atoms with Crippen LogP contribution in [0.25, 0.3) is 0 Å². The zero-order valence-electron chi connectivity index (χ0n) is 16.6. The van der Waals surface area contributed by atoms with Gasteiger partial charge in [0.05, 0.1) is 10.9 Å². The number of thioether (sulfide) groups is 1. The molecule has 0 spiro atoms. The van der Waals surface area contributed by atoms with Crippen LogP contribution >= 0.6 is 23.4 Å². The lowest BCUT2D eigenvalue weighted by Crippen LogP contribution is -2.53. The van der Waals surface area contributed by atoms with Crippen LogP contribution in [-0.4, -0.2) is 82.2 Å². The van der Waals surface area contributed by atoms with Crippen molar-refractivity contribution >= 4 is 58.6 Å². The molecule has 0 bridgehead atoms. The van der Waals surface area contributed by atoms with E-state index in [1.54, 1.807) is 21.9 Å². The van der Waals surface area contributed by atoms with Crippen LogP contribution in [0.1, 0.15) is 19.3 Å². The van der Waals surface area contributed by atoms with Gasteiger partial charge in [-0.05, 0) is 18.2 Å². The van der Waals surface area contributed by atoms with Gasteiger partial charge in [0.1, 0.15) is 6.54 Å². The maximum absolute atomic E-state index is 12.7. The van der Waals surface area contributed by atoms with Crippen LogP contribution in [0.2, 0.25) is 5.02 Å². The van der Waals surface area contributed by atoms with E-state index in [9.17, 15) is 24.0 Å². The average Bonchev–Trinajstić information content (AvgIpc) is 3.06. The molecule has 1 aromatic carbocycles. The number of imide groups is 1. The number of nitrogens with one attached hydrogen (secondary N) is 1. The molecule has 11 heteroatoms. The second-order valence-corrected chi connectivity index (χ2v) is 9.26. The Hall–Kier alpha value is -2.59. The van der Waals surface area contributed by atoms with E-state index in [1.165, 1.54) is 11.8 Å². The average molecular weight is 465 g/mol. The topological polar surface area (TPSA) is 107 Å². The summed E-state index contributed by atoms with van der Waals surface area (Å²) in [5, 5.41) is 2.79. The number of hydrogen-bond acceptors (Lipinski definition) is 6. The summed E-state index contributed by atoms with van der Waals surface area (Å²) in [6.45, 7) is 1.10. The van der Waals surface area contributed by atoms with Gasteiger partial charge < -0.3 is 15.1 Å². The minimum Gasteiger partial charge on any atom is -0.339 e. The summed E-state index contributed by atoms with van der Waals surface area (Å²) >= 11 is 7.29. The number of likely N-dealkylation sites (tertiary alicyclic amines) is 1. The number of piperazine rings is 1. The number of amides is 5. The van der Waals surface area contributed by atoms with Gasteiger partial charge in [0.25, 0.3) is 0 Å². The maximum atomic E-state index is 12.7. The van der Waals surface area contributed by atoms with Gasteiger partial charge in [-0.15, -0.1) is 11.8 Å². The molecule has 164 valence electrons. The minimum absolute atomic E-state index is 0.0588. The molecule has 4 rings (SSSR count). The Kier molecular flexibility index (Phi) is 6.19. The van der Waals surface area contributed by atoms with Gasteiger partial charge in [0, 0.05) is 55.4 Å². The quantitative estimate of drug-likeness (QED) is 0.665. The number of rotatable bonds is 4. The van der Waals surface area contributed by atoms with E-state index < -0.39 is 5.25 Å². The summed E-state index contributed by atoms with van der Waals surface area (Å²) in [5.74, 6) is -1.32. The summed E-state index contributed by atoms with van der Waals surface area (Å²) in [5.41, 5.74) is 0.647. The molecular weight excluding hydrogens is 444 g/mol. The zero-order valence-corrected chi connectivity index (χ0v) is 18.2. The van der Waals surface area contributed by atoms with E-state index in [0.29, 0.717) is 36.9 Å². The highest BCUT2D eigenvalue weighted by Gasteiger charge is 2.34. The SMILES string of the molecule is O=C1Nc2cc(Cl)ccc2SC1CC(=O)N1CCN(C(=O)CN2C(=O)CCC2=O)CC1. The lowest BCUT2D eigenvalue weighted by molar-refractivity contribution is -0.147. The number of anilines is 1. The van der Waals surface area contributed by atoms with Crippen molar-refractivity contribution in [1.82, 2.24) is 14.7 Å². The summed E-state index contributed by atoms with van der Waals surface area (Å²) in [7, 11) is 0. The smallest absolute Gasteiger partial charge is 0.242 e. The highest BCUT2D eigenvalue weighted by molar-refractivity contribution is 8.01. The van der Waals surface area contributed by atoms with Gasteiger partial charge in [-0.2, -0.15) is 0 Å². The van der Waals surface area contributed by atoms with E-state index in [2.05, 4.69) is 5.32 Å². The number of hydrogen-bond donors (Lipinski definition) is 1. The molecule has 0 saturated carbocycles. The molecule has 2 saturated heterocycles. The number of halogens is 1. The van der Waals surface area contributed by atoms with E-state index in [4.69, 9.17) is 11.6 Å². The molecule has 1 aromatic rings. The normalized spacial score (nSPS) is 21.3. The highest BCUT2D eigenvalue weighted by atomic mass is 35.5. The highest BCUT2D eigenvalue weighted by Crippen LogP contribution is 2.38. The number of carbonyl (C=O) groups excluding carboxylic acids is 5. The zero-order chi connectivity index (χ0) is 22.1. The van der Waals surface area contributed by atoms with Crippen molar-refractivity contribution in [2.45, 2.75) is 29.4 Å². The Labute approximate surface area is 188 Å². The second-order valence-electron chi connectivity index (χ2n) is 7.58. The molecule has 31 heavy (non-hydrogen) atoms. The fraction of sp³-hybridized carbons (Fsp3) is 0.450. The number of benzene rings is 1. The molecule has 2 fully saturated rings. The lowest BCUT2D eigenvalue weighted by atomic mass is 10.2. The summed E-state index contributed by atoms with van der Waals surface area (Å²) in [6.07, 6.45) is 0.362. The van der Waals surface area contributed by atoms with Crippen molar-refractivity contribution in [3.63, 3.8) is 0 Å². The number of nitrogens with zero attached hydrogens (tertiary/aromatic N) is 3. The monoisotopic (exact) mass is 464 g/mol. The van der Waals surface area contributed by atoms with Crippen LogP contribution in [0, 0.1) is 0 Å². The van der Waals surface area contributed by atoms with Gasteiger partial charge in [-0.3, -0.25) is 28.9 Å². The third-order valence-electron chi connectivity index (χ3n) is 5.55. The summed E-state index contributed by atoms with van der Waals surface area (Å²) < 4.78 is 0. The van der Waals surface area contributed by atoms with Crippen molar-refractivity contribution in [2.75, 3.05) is 38.0 Å². The van der Waals surface area contributed by atoms with Gasteiger partial charge in [0.15, 0.2) is 0 Å². The van der Waals surface area contributed by atoms with E-state index in [1.807, 2.05) is 6.07 Å². The molecule has 1 unspecified atom stereocenters. The number of carbonyl (C=O) groups is 5. The third kappa shape index (κ3) is 4.69. The van der Waals surface area contributed by atoms with Crippen LogP contribution in [0.3, 0.4) is 0 Å².